The van der Waals surface area contributed by atoms with E-state index in [9.17, 15) is 4.39 Å². The lowest BCUT2D eigenvalue weighted by Gasteiger charge is -2.34. The van der Waals surface area contributed by atoms with Crippen molar-refractivity contribution in [2.45, 2.75) is 31.7 Å². The molecular weight excluding hydrogens is 201 g/mol. The first-order valence-electron chi connectivity index (χ1n) is 5.56. The normalized spacial score (nSPS) is 13.5. The molecular formula is C14H20FN. The SMILES string of the molecule is C=CCC(NC)C(C)(C)c1ccc(F)cc1. The summed E-state index contributed by atoms with van der Waals surface area (Å²) >= 11 is 0. The van der Waals surface area contributed by atoms with Gasteiger partial charge >= 0.3 is 0 Å². The van der Waals surface area contributed by atoms with Gasteiger partial charge in [-0.15, -0.1) is 6.58 Å². The van der Waals surface area contributed by atoms with Gasteiger partial charge < -0.3 is 5.32 Å². The van der Waals surface area contributed by atoms with Gasteiger partial charge in [0.25, 0.3) is 0 Å². The van der Waals surface area contributed by atoms with E-state index in [0.29, 0.717) is 6.04 Å². The van der Waals surface area contributed by atoms with Crippen LogP contribution in [-0.2, 0) is 5.41 Å². The summed E-state index contributed by atoms with van der Waals surface area (Å²) in [6.45, 7) is 8.09. The van der Waals surface area contributed by atoms with Gasteiger partial charge in [0.2, 0.25) is 0 Å². The van der Waals surface area contributed by atoms with E-state index in [-0.39, 0.29) is 11.2 Å². The minimum absolute atomic E-state index is 0.0450. The van der Waals surface area contributed by atoms with E-state index in [4.69, 9.17) is 0 Å². The Kier molecular flexibility index (Phi) is 4.25. The van der Waals surface area contributed by atoms with Crippen molar-refractivity contribution in [3.8, 4) is 0 Å². The fraction of sp³-hybridized carbons (Fsp3) is 0.429. The molecule has 0 aromatic heterocycles. The molecule has 2 heteroatoms. The zero-order valence-corrected chi connectivity index (χ0v) is 10.3. The zero-order chi connectivity index (χ0) is 12.2. The van der Waals surface area contributed by atoms with Crippen molar-refractivity contribution in [2.24, 2.45) is 0 Å². The van der Waals surface area contributed by atoms with Crippen molar-refractivity contribution >= 4 is 0 Å². The van der Waals surface area contributed by atoms with Crippen LogP contribution in [0, 0.1) is 5.82 Å². The van der Waals surface area contributed by atoms with Gasteiger partial charge in [-0.2, -0.15) is 0 Å². The average Bonchev–Trinajstić information content (AvgIpc) is 2.26. The van der Waals surface area contributed by atoms with Gasteiger partial charge in [-0.05, 0) is 31.2 Å². The summed E-state index contributed by atoms with van der Waals surface area (Å²) < 4.78 is 12.9. The van der Waals surface area contributed by atoms with E-state index in [2.05, 4.69) is 25.7 Å². The van der Waals surface area contributed by atoms with E-state index in [1.165, 1.54) is 12.1 Å². The summed E-state index contributed by atoms with van der Waals surface area (Å²) in [5.74, 6) is -0.190. The number of hydrogen-bond donors (Lipinski definition) is 1. The number of rotatable bonds is 5. The van der Waals surface area contributed by atoms with Crippen LogP contribution in [0.3, 0.4) is 0 Å². The molecule has 0 spiro atoms. The highest BCUT2D eigenvalue weighted by Gasteiger charge is 2.29. The first-order valence-corrected chi connectivity index (χ1v) is 5.56. The van der Waals surface area contributed by atoms with E-state index in [0.717, 1.165) is 12.0 Å². The van der Waals surface area contributed by atoms with Crippen LogP contribution in [-0.4, -0.2) is 13.1 Å². The quantitative estimate of drug-likeness (QED) is 0.752. The predicted octanol–water partition coefficient (Wildman–Crippen LogP) is 3.27. The van der Waals surface area contributed by atoms with Crippen LogP contribution in [0.25, 0.3) is 0 Å². The van der Waals surface area contributed by atoms with Crippen LogP contribution in [0.5, 0.6) is 0 Å². The number of halogens is 1. The molecule has 0 aliphatic heterocycles. The molecule has 1 unspecified atom stereocenters. The molecule has 1 aromatic carbocycles. The molecule has 0 radical (unpaired) electrons. The van der Waals surface area contributed by atoms with Crippen molar-refractivity contribution in [3.05, 3.63) is 48.3 Å². The van der Waals surface area contributed by atoms with E-state index in [1.807, 2.05) is 25.3 Å². The number of hydrogen-bond acceptors (Lipinski definition) is 1. The lowest BCUT2D eigenvalue weighted by atomic mass is 9.76. The Morgan fingerprint density at radius 3 is 2.38 bits per heavy atom. The molecule has 0 saturated heterocycles. The van der Waals surface area contributed by atoms with Crippen molar-refractivity contribution in [1.82, 2.24) is 5.32 Å². The third kappa shape index (κ3) is 2.70. The molecule has 0 saturated carbocycles. The molecule has 88 valence electrons. The Morgan fingerprint density at radius 2 is 1.94 bits per heavy atom. The molecule has 1 nitrogen and oxygen atoms in total. The Hall–Kier alpha value is -1.15. The second kappa shape index (κ2) is 5.26. The minimum atomic E-state index is -0.190. The van der Waals surface area contributed by atoms with E-state index >= 15 is 0 Å². The Balaban J connectivity index is 2.98. The Morgan fingerprint density at radius 1 is 1.38 bits per heavy atom. The minimum Gasteiger partial charge on any atom is -0.316 e. The first kappa shape index (κ1) is 12.9. The number of nitrogens with one attached hydrogen (secondary N) is 1. The molecule has 0 aliphatic rings. The molecule has 16 heavy (non-hydrogen) atoms. The number of likely N-dealkylation sites (N-methyl/N-ethyl adjacent to an activating group) is 1. The van der Waals surface area contributed by atoms with Crippen molar-refractivity contribution < 1.29 is 4.39 Å². The third-order valence-electron chi connectivity index (χ3n) is 3.21. The fourth-order valence-corrected chi connectivity index (χ4v) is 2.02. The van der Waals surface area contributed by atoms with Crippen LogP contribution in [0.1, 0.15) is 25.8 Å². The summed E-state index contributed by atoms with van der Waals surface area (Å²) in [6, 6.07) is 7.02. The highest BCUT2D eigenvalue weighted by Crippen LogP contribution is 2.29. The molecule has 0 amide bonds. The second-order valence-corrected chi connectivity index (χ2v) is 4.59. The van der Waals surface area contributed by atoms with Crippen LogP contribution in [0.15, 0.2) is 36.9 Å². The molecule has 0 aliphatic carbocycles. The van der Waals surface area contributed by atoms with E-state index < -0.39 is 0 Å². The zero-order valence-electron chi connectivity index (χ0n) is 10.3. The van der Waals surface area contributed by atoms with Gasteiger partial charge in [0.1, 0.15) is 5.82 Å². The highest BCUT2D eigenvalue weighted by atomic mass is 19.1. The van der Waals surface area contributed by atoms with E-state index in [1.54, 1.807) is 0 Å². The smallest absolute Gasteiger partial charge is 0.123 e. The number of benzene rings is 1. The first-order chi connectivity index (χ1) is 7.52. The van der Waals surface area contributed by atoms with Crippen molar-refractivity contribution in [3.63, 3.8) is 0 Å². The maximum atomic E-state index is 12.9. The lowest BCUT2D eigenvalue weighted by molar-refractivity contribution is 0.361. The van der Waals surface area contributed by atoms with Crippen LogP contribution >= 0.6 is 0 Å². The molecule has 0 fully saturated rings. The topological polar surface area (TPSA) is 12.0 Å². The monoisotopic (exact) mass is 221 g/mol. The van der Waals surface area contributed by atoms with Gasteiger partial charge in [0.15, 0.2) is 0 Å². The predicted molar refractivity (Wildman–Crippen MR) is 67.1 cm³/mol. The molecule has 1 aromatic rings. The summed E-state index contributed by atoms with van der Waals surface area (Å²) in [6.07, 6.45) is 2.80. The average molecular weight is 221 g/mol. The Labute approximate surface area is 97.4 Å². The van der Waals surface area contributed by atoms with Gasteiger partial charge in [0.05, 0.1) is 0 Å². The summed E-state index contributed by atoms with van der Waals surface area (Å²) in [7, 11) is 1.94. The molecule has 0 heterocycles. The second-order valence-electron chi connectivity index (χ2n) is 4.59. The molecule has 1 rings (SSSR count). The highest BCUT2D eigenvalue weighted by molar-refractivity contribution is 5.26. The summed E-state index contributed by atoms with van der Waals surface area (Å²) in [5.41, 5.74) is 1.09. The van der Waals surface area contributed by atoms with Gasteiger partial charge in [-0.1, -0.05) is 32.1 Å². The third-order valence-corrected chi connectivity index (χ3v) is 3.21. The lowest BCUT2D eigenvalue weighted by Crippen LogP contribution is -2.42. The van der Waals surface area contributed by atoms with Crippen molar-refractivity contribution in [2.75, 3.05) is 7.05 Å². The Bertz CT molecular complexity index is 340. The fourth-order valence-electron chi connectivity index (χ4n) is 2.02. The van der Waals surface area contributed by atoms with Gasteiger partial charge in [-0.3, -0.25) is 0 Å². The largest absolute Gasteiger partial charge is 0.316 e. The molecule has 1 atom stereocenters. The standard InChI is InChI=1S/C14H20FN/c1-5-6-13(16-4)14(2,3)11-7-9-12(15)10-8-11/h5,7-10,13,16H,1,6H2,2-4H3. The maximum Gasteiger partial charge on any atom is 0.123 e. The molecule has 1 N–H and O–H groups in total. The van der Waals surface area contributed by atoms with Crippen LogP contribution in [0.4, 0.5) is 4.39 Å². The van der Waals surface area contributed by atoms with Gasteiger partial charge in [-0.25, -0.2) is 4.39 Å². The van der Waals surface area contributed by atoms with Crippen LogP contribution < -0.4 is 5.32 Å². The van der Waals surface area contributed by atoms with Gasteiger partial charge in [0, 0.05) is 11.5 Å². The maximum absolute atomic E-state index is 12.9. The summed E-state index contributed by atoms with van der Waals surface area (Å²) in [4.78, 5) is 0. The van der Waals surface area contributed by atoms with Crippen LogP contribution in [0.2, 0.25) is 0 Å². The summed E-state index contributed by atoms with van der Waals surface area (Å²) in [5, 5.41) is 3.29. The molecule has 0 bridgehead atoms. The van der Waals surface area contributed by atoms with Crippen molar-refractivity contribution in [1.29, 1.82) is 0 Å².